The van der Waals surface area contributed by atoms with Gasteiger partial charge in [0.2, 0.25) is 0 Å². The first-order valence-corrected chi connectivity index (χ1v) is 9.89. The number of rotatable bonds is 7. The predicted molar refractivity (Wildman–Crippen MR) is 115 cm³/mol. The molecule has 162 valence electrons. The van der Waals surface area contributed by atoms with Gasteiger partial charge in [0.05, 0.1) is 52.1 Å². The average Bonchev–Trinajstić information content (AvgIpc) is 3.13. The number of pyridine rings is 1. The van der Waals surface area contributed by atoms with Crippen LogP contribution in [0.1, 0.15) is 43.6 Å². The molecule has 0 bridgehead atoms. The van der Waals surface area contributed by atoms with Crippen LogP contribution in [0.25, 0.3) is 16.9 Å². The summed E-state index contributed by atoms with van der Waals surface area (Å²) in [7, 11) is 0. The number of amides is 1. The van der Waals surface area contributed by atoms with E-state index in [0.29, 0.717) is 22.6 Å². The number of anilines is 1. The van der Waals surface area contributed by atoms with Crippen LogP contribution in [0.3, 0.4) is 0 Å². The van der Waals surface area contributed by atoms with Crippen molar-refractivity contribution in [1.82, 2.24) is 19.9 Å². The number of carbonyl (C=O) groups is 1. The summed E-state index contributed by atoms with van der Waals surface area (Å²) in [4.78, 5) is 17.1. The van der Waals surface area contributed by atoms with Crippen LogP contribution >= 0.6 is 0 Å². The van der Waals surface area contributed by atoms with Gasteiger partial charge in [-0.25, -0.2) is 8.91 Å². The molecular formula is C22H25FN6O2. The monoisotopic (exact) mass is 424 g/mol. The molecule has 3 aromatic heterocycles. The number of alkyl halides is 1. The Kier molecular flexibility index (Phi) is 6.22. The Bertz CT molecular complexity index is 1140. The van der Waals surface area contributed by atoms with E-state index in [9.17, 15) is 14.3 Å². The Balaban J connectivity index is 1.93. The minimum absolute atomic E-state index is 0.0347. The normalized spacial score (nSPS) is 12.6. The van der Waals surface area contributed by atoms with Gasteiger partial charge in [-0.05, 0) is 52.0 Å². The predicted octanol–water partition coefficient (Wildman–Crippen LogP) is 2.93. The van der Waals surface area contributed by atoms with Gasteiger partial charge in [-0.15, -0.1) is 0 Å². The molecule has 1 amide bonds. The molecule has 0 aliphatic rings. The SMILES string of the molecule is CC(C)Nc1cc(-c2ccc3cc(C#N)cnn23)ncc1C(=O)NCC(F)C(C)(C)O. The van der Waals surface area contributed by atoms with E-state index >= 15 is 0 Å². The molecule has 0 aliphatic carbocycles. The van der Waals surface area contributed by atoms with Crippen molar-refractivity contribution in [3.8, 4) is 17.5 Å². The van der Waals surface area contributed by atoms with E-state index in [2.05, 4.69) is 26.8 Å². The van der Waals surface area contributed by atoms with Crippen molar-refractivity contribution in [3.05, 3.63) is 47.8 Å². The van der Waals surface area contributed by atoms with Crippen LogP contribution < -0.4 is 10.6 Å². The average molecular weight is 424 g/mol. The Labute approximate surface area is 179 Å². The zero-order valence-electron chi connectivity index (χ0n) is 17.8. The van der Waals surface area contributed by atoms with Crippen LogP contribution in [0.2, 0.25) is 0 Å². The first-order chi connectivity index (χ1) is 14.6. The van der Waals surface area contributed by atoms with Gasteiger partial charge in [0.1, 0.15) is 12.2 Å². The largest absolute Gasteiger partial charge is 0.387 e. The molecule has 31 heavy (non-hydrogen) atoms. The van der Waals surface area contributed by atoms with Crippen molar-refractivity contribution in [2.24, 2.45) is 0 Å². The van der Waals surface area contributed by atoms with E-state index < -0.39 is 17.7 Å². The fraction of sp³-hybridized carbons (Fsp3) is 0.364. The second-order valence-electron chi connectivity index (χ2n) is 8.16. The number of carbonyl (C=O) groups excluding carboxylic acids is 1. The Morgan fingerprint density at radius 3 is 2.71 bits per heavy atom. The number of nitriles is 1. The summed E-state index contributed by atoms with van der Waals surface area (Å²) in [5.74, 6) is -0.495. The number of hydrogen-bond acceptors (Lipinski definition) is 6. The van der Waals surface area contributed by atoms with Crippen molar-refractivity contribution >= 4 is 17.1 Å². The Morgan fingerprint density at radius 2 is 2.06 bits per heavy atom. The molecule has 9 heteroatoms. The van der Waals surface area contributed by atoms with Crippen molar-refractivity contribution < 1.29 is 14.3 Å². The van der Waals surface area contributed by atoms with Crippen molar-refractivity contribution in [2.75, 3.05) is 11.9 Å². The summed E-state index contributed by atoms with van der Waals surface area (Å²) in [5, 5.41) is 28.8. The number of aliphatic hydroxyl groups is 1. The number of fused-ring (bicyclic) bond motifs is 1. The van der Waals surface area contributed by atoms with Gasteiger partial charge in [-0.2, -0.15) is 10.4 Å². The standard InChI is InChI=1S/C22H25FN6O2/c1-13(2)28-17-8-18(19-6-5-15-7-14(9-24)10-27-29(15)19)25-11-16(17)21(30)26-12-20(23)22(3,4)31/h5-8,10-11,13,20,31H,12H2,1-4H3,(H,25,28)(H,26,30). The maximum Gasteiger partial charge on any atom is 0.255 e. The van der Waals surface area contributed by atoms with Gasteiger partial charge in [0.25, 0.3) is 5.91 Å². The minimum atomic E-state index is -1.61. The summed E-state index contributed by atoms with van der Waals surface area (Å²) >= 11 is 0. The highest BCUT2D eigenvalue weighted by atomic mass is 19.1. The lowest BCUT2D eigenvalue weighted by atomic mass is 10.0. The smallest absolute Gasteiger partial charge is 0.255 e. The molecule has 3 aromatic rings. The molecule has 0 fully saturated rings. The second kappa shape index (κ2) is 8.70. The fourth-order valence-electron chi connectivity index (χ4n) is 2.99. The Hall–Kier alpha value is -3.51. The number of aromatic nitrogens is 3. The van der Waals surface area contributed by atoms with Crippen molar-refractivity contribution in [2.45, 2.75) is 45.5 Å². The molecule has 3 N–H and O–H groups in total. The first-order valence-electron chi connectivity index (χ1n) is 9.89. The van der Waals surface area contributed by atoms with Crippen LogP contribution in [-0.4, -0.2) is 50.0 Å². The lowest BCUT2D eigenvalue weighted by Gasteiger charge is -2.23. The number of halogens is 1. The summed E-state index contributed by atoms with van der Waals surface area (Å²) in [6.45, 7) is 6.25. The lowest BCUT2D eigenvalue weighted by Crippen LogP contribution is -2.42. The third kappa shape index (κ3) is 4.98. The zero-order valence-corrected chi connectivity index (χ0v) is 17.8. The maximum absolute atomic E-state index is 14.0. The van der Waals surface area contributed by atoms with Crippen LogP contribution in [0, 0.1) is 11.3 Å². The number of nitrogens with zero attached hydrogens (tertiary/aromatic N) is 4. The second-order valence-corrected chi connectivity index (χ2v) is 8.16. The molecule has 0 aliphatic heterocycles. The summed E-state index contributed by atoms with van der Waals surface area (Å²) in [6.07, 6.45) is 1.29. The first kappa shape index (κ1) is 22.2. The highest BCUT2D eigenvalue weighted by molar-refractivity contribution is 6.00. The van der Waals surface area contributed by atoms with Gasteiger partial charge in [0, 0.05) is 12.2 Å². The number of nitrogens with one attached hydrogen (secondary N) is 2. The van der Waals surface area contributed by atoms with Crippen LogP contribution in [0.5, 0.6) is 0 Å². The third-order valence-electron chi connectivity index (χ3n) is 4.69. The van der Waals surface area contributed by atoms with Crippen LogP contribution in [0.4, 0.5) is 10.1 Å². The molecule has 0 saturated carbocycles. The van der Waals surface area contributed by atoms with Crippen LogP contribution in [0.15, 0.2) is 36.7 Å². The van der Waals surface area contributed by atoms with E-state index in [-0.39, 0.29) is 18.2 Å². The summed E-state index contributed by atoms with van der Waals surface area (Å²) < 4.78 is 15.7. The van der Waals surface area contributed by atoms with E-state index in [1.54, 1.807) is 16.6 Å². The highest BCUT2D eigenvalue weighted by Gasteiger charge is 2.27. The van der Waals surface area contributed by atoms with Crippen molar-refractivity contribution in [3.63, 3.8) is 0 Å². The zero-order chi connectivity index (χ0) is 22.8. The van der Waals surface area contributed by atoms with Gasteiger partial charge in [-0.1, -0.05) is 0 Å². The molecule has 0 radical (unpaired) electrons. The van der Waals surface area contributed by atoms with Gasteiger partial charge < -0.3 is 15.7 Å². The minimum Gasteiger partial charge on any atom is -0.387 e. The maximum atomic E-state index is 14.0. The van der Waals surface area contributed by atoms with Crippen molar-refractivity contribution in [1.29, 1.82) is 5.26 Å². The van der Waals surface area contributed by atoms with E-state index in [1.165, 1.54) is 26.2 Å². The summed E-state index contributed by atoms with van der Waals surface area (Å²) in [6, 6.07) is 9.22. The molecule has 0 aromatic carbocycles. The van der Waals surface area contributed by atoms with Gasteiger partial charge in [0.15, 0.2) is 0 Å². The molecular weight excluding hydrogens is 399 g/mol. The summed E-state index contributed by atoms with van der Waals surface area (Å²) in [5.41, 5.74) is 1.73. The highest BCUT2D eigenvalue weighted by Crippen LogP contribution is 2.26. The molecule has 1 atom stereocenters. The molecule has 3 rings (SSSR count). The topological polar surface area (TPSA) is 115 Å². The van der Waals surface area contributed by atoms with Gasteiger partial charge in [-0.3, -0.25) is 9.78 Å². The van der Waals surface area contributed by atoms with Gasteiger partial charge >= 0.3 is 0 Å². The third-order valence-corrected chi connectivity index (χ3v) is 4.69. The van der Waals surface area contributed by atoms with E-state index in [1.807, 2.05) is 26.0 Å². The fourth-order valence-corrected chi connectivity index (χ4v) is 2.99. The quantitative estimate of drug-likeness (QED) is 0.537. The molecule has 1 unspecified atom stereocenters. The van der Waals surface area contributed by atoms with Crippen LogP contribution in [-0.2, 0) is 0 Å². The van der Waals surface area contributed by atoms with E-state index in [4.69, 9.17) is 5.26 Å². The molecule has 8 nitrogen and oxygen atoms in total. The number of hydrogen-bond donors (Lipinski definition) is 3. The van der Waals surface area contributed by atoms with E-state index in [0.717, 1.165) is 5.52 Å². The Morgan fingerprint density at radius 1 is 1.32 bits per heavy atom. The molecule has 3 heterocycles. The molecule has 0 saturated heterocycles. The molecule has 0 spiro atoms. The lowest BCUT2D eigenvalue weighted by molar-refractivity contribution is -0.00177.